The van der Waals surface area contributed by atoms with E-state index in [1.807, 2.05) is 0 Å². The van der Waals surface area contributed by atoms with Gasteiger partial charge in [0, 0.05) is 25.9 Å². The van der Waals surface area contributed by atoms with Crippen molar-refractivity contribution < 1.29 is 33.7 Å². The van der Waals surface area contributed by atoms with Crippen molar-refractivity contribution in [3.05, 3.63) is 0 Å². The molecule has 0 aromatic rings. The summed E-state index contributed by atoms with van der Waals surface area (Å²) >= 11 is 0. The molecule has 10 heavy (non-hydrogen) atoms. The van der Waals surface area contributed by atoms with Crippen LogP contribution in [-0.4, -0.2) is 25.3 Å². The summed E-state index contributed by atoms with van der Waals surface area (Å²) in [7, 11) is 0. The molecule has 1 heterocycles. The monoisotopic (exact) mass is 194 g/mol. The maximum absolute atomic E-state index is 10.5. The van der Waals surface area contributed by atoms with Crippen LogP contribution in [0.3, 0.4) is 0 Å². The third-order valence-electron chi connectivity index (χ3n) is 1.12. The smallest absolute Gasteiger partial charge is 0.305 e. The van der Waals surface area contributed by atoms with Crippen molar-refractivity contribution >= 4 is 5.97 Å². The van der Waals surface area contributed by atoms with Crippen LogP contribution in [0.4, 0.5) is 0 Å². The van der Waals surface area contributed by atoms with Gasteiger partial charge < -0.3 is 9.47 Å². The second-order valence-corrected chi connectivity index (χ2v) is 1.99. The van der Waals surface area contributed by atoms with Crippen LogP contribution in [0.5, 0.6) is 0 Å². The van der Waals surface area contributed by atoms with Gasteiger partial charge in [0.25, 0.3) is 0 Å². The fraction of sp³-hybridized carbons (Fsp3) is 0.833. The van der Waals surface area contributed by atoms with E-state index in [9.17, 15) is 4.79 Å². The summed E-state index contributed by atoms with van der Waals surface area (Å²) in [4.78, 5) is 10.5. The maximum atomic E-state index is 10.5. The molecule has 4 heteroatoms. The number of hydrogen-bond donors (Lipinski definition) is 0. The van der Waals surface area contributed by atoms with E-state index in [0.717, 1.165) is 6.61 Å². The molecular weight excluding hydrogens is 185 g/mol. The van der Waals surface area contributed by atoms with Crippen LogP contribution < -0.4 is 0 Å². The molecule has 1 fully saturated rings. The number of carbonyl (C=O) groups excluding carboxylic acids is 1. The maximum Gasteiger partial charge on any atom is 0.305 e. The Morgan fingerprint density at radius 1 is 1.80 bits per heavy atom. The molecule has 0 aromatic carbocycles. The van der Waals surface area contributed by atoms with E-state index in [-0.39, 0.29) is 31.6 Å². The Bertz CT molecular complexity index is 112. The summed E-state index contributed by atoms with van der Waals surface area (Å²) < 4.78 is 9.58. The number of epoxide rings is 1. The van der Waals surface area contributed by atoms with Crippen molar-refractivity contribution in [3.63, 3.8) is 0 Å². The molecule has 1 saturated heterocycles. The van der Waals surface area contributed by atoms with E-state index < -0.39 is 0 Å². The van der Waals surface area contributed by atoms with Crippen LogP contribution in [-0.2, 0) is 33.7 Å². The quantitative estimate of drug-likeness (QED) is 0.370. The van der Waals surface area contributed by atoms with Crippen molar-refractivity contribution in [1.29, 1.82) is 0 Å². The molecule has 3 nitrogen and oxygen atoms in total. The van der Waals surface area contributed by atoms with E-state index in [0.29, 0.717) is 13.0 Å². The van der Waals surface area contributed by atoms with Crippen LogP contribution in [0.2, 0.25) is 0 Å². The van der Waals surface area contributed by atoms with Crippen molar-refractivity contribution in [2.75, 3.05) is 13.2 Å². The second kappa shape index (κ2) is 4.81. The normalized spacial score (nSPS) is 21.1. The molecule has 1 atom stereocenters. The number of hydrogen-bond acceptors (Lipinski definition) is 3. The van der Waals surface area contributed by atoms with E-state index in [1.54, 1.807) is 6.92 Å². The van der Waals surface area contributed by atoms with Gasteiger partial charge in [-0.1, -0.05) is 6.92 Å². The molecule has 0 aliphatic carbocycles. The summed E-state index contributed by atoms with van der Waals surface area (Å²) in [5.74, 6) is -0.148. The van der Waals surface area contributed by atoms with Crippen LogP contribution in [0.1, 0.15) is 13.3 Å². The average Bonchev–Trinajstić information content (AvgIpc) is 2.65. The largest absolute Gasteiger partial charge is 0.463 e. The predicted octanol–water partition coefficient (Wildman–Crippen LogP) is 0.336. The zero-order valence-corrected chi connectivity index (χ0v) is 9.10. The van der Waals surface area contributed by atoms with Crippen LogP contribution >= 0.6 is 0 Å². The first-order valence-corrected chi connectivity index (χ1v) is 3.10. The van der Waals surface area contributed by atoms with Gasteiger partial charge in [-0.3, -0.25) is 4.79 Å². The minimum atomic E-state index is -0.148. The molecule has 0 radical (unpaired) electrons. The molecule has 0 bridgehead atoms. The number of carbonyl (C=O) groups is 1. The van der Waals surface area contributed by atoms with Crippen molar-refractivity contribution in [3.8, 4) is 0 Å². The van der Waals surface area contributed by atoms with Gasteiger partial charge in [0.05, 0.1) is 6.61 Å². The van der Waals surface area contributed by atoms with Gasteiger partial charge in [0.15, 0.2) is 0 Å². The zero-order chi connectivity index (χ0) is 6.69. The second-order valence-electron chi connectivity index (χ2n) is 1.99. The van der Waals surface area contributed by atoms with Gasteiger partial charge >= 0.3 is 5.97 Å². The Morgan fingerprint density at radius 2 is 2.40 bits per heavy atom. The molecule has 1 unspecified atom stereocenters. The predicted molar refractivity (Wildman–Crippen MR) is 31.0 cm³/mol. The summed E-state index contributed by atoms with van der Waals surface area (Å²) in [5, 5.41) is 0. The zero-order valence-electron chi connectivity index (χ0n) is 6.13. The Kier molecular flexibility index (Phi) is 4.83. The molecule has 54 valence electrons. The molecule has 0 spiro atoms. The standard InChI is InChI=1S/C6H10O3.Zn/c1-2-6(7)9-4-5-3-8-5;/h5H,2-4H2,1H3;. The number of ether oxygens (including phenoxy) is 2. The molecule has 0 saturated carbocycles. The van der Waals surface area contributed by atoms with Crippen molar-refractivity contribution in [1.82, 2.24) is 0 Å². The number of rotatable bonds is 3. The van der Waals surface area contributed by atoms with Gasteiger partial charge in [-0.15, -0.1) is 0 Å². The molecule has 0 N–H and O–H groups in total. The Balaban J connectivity index is 0.000000810. The van der Waals surface area contributed by atoms with Gasteiger partial charge in [0.1, 0.15) is 12.7 Å². The molecule has 1 aliphatic rings. The van der Waals surface area contributed by atoms with E-state index in [4.69, 9.17) is 9.47 Å². The average molecular weight is 196 g/mol. The van der Waals surface area contributed by atoms with Crippen LogP contribution in [0, 0.1) is 0 Å². The molecule has 1 rings (SSSR count). The SMILES string of the molecule is CCC(=O)OCC1CO1.[Zn]. The molecular formula is C6H10O3Zn. The topological polar surface area (TPSA) is 38.8 Å². The van der Waals surface area contributed by atoms with Crippen LogP contribution in [0.15, 0.2) is 0 Å². The first kappa shape index (κ1) is 10.1. The fourth-order valence-corrected chi connectivity index (χ4v) is 0.452. The van der Waals surface area contributed by atoms with Gasteiger partial charge in [-0.25, -0.2) is 0 Å². The number of esters is 1. The third-order valence-corrected chi connectivity index (χ3v) is 1.12. The summed E-state index contributed by atoms with van der Waals surface area (Å²) in [6.45, 7) is 2.96. The fourth-order valence-electron chi connectivity index (χ4n) is 0.452. The molecule has 0 aromatic heterocycles. The minimum absolute atomic E-state index is 0. The van der Waals surface area contributed by atoms with Crippen molar-refractivity contribution in [2.45, 2.75) is 19.4 Å². The Hall–Kier alpha value is 0.0534. The van der Waals surface area contributed by atoms with Gasteiger partial charge in [-0.2, -0.15) is 0 Å². The Labute approximate surface area is 72.8 Å². The van der Waals surface area contributed by atoms with Crippen LogP contribution in [0.25, 0.3) is 0 Å². The van der Waals surface area contributed by atoms with Gasteiger partial charge in [-0.05, 0) is 0 Å². The van der Waals surface area contributed by atoms with Gasteiger partial charge in [0.2, 0.25) is 0 Å². The van der Waals surface area contributed by atoms with E-state index >= 15 is 0 Å². The van der Waals surface area contributed by atoms with Crippen molar-refractivity contribution in [2.24, 2.45) is 0 Å². The summed E-state index contributed by atoms with van der Waals surface area (Å²) in [6.07, 6.45) is 0.646. The first-order valence-electron chi connectivity index (χ1n) is 3.10. The minimum Gasteiger partial charge on any atom is -0.463 e. The third kappa shape index (κ3) is 3.96. The van der Waals surface area contributed by atoms with E-state index in [2.05, 4.69) is 0 Å². The summed E-state index contributed by atoms with van der Waals surface area (Å²) in [5.41, 5.74) is 0. The first-order chi connectivity index (χ1) is 4.33. The van der Waals surface area contributed by atoms with E-state index in [1.165, 1.54) is 0 Å². The molecule has 0 amide bonds. The molecule has 1 aliphatic heterocycles. The summed E-state index contributed by atoms with van der Waals surface area (Å²) in [6, 6.07) is 0. The Morgan fingerprint density at radius 3 is 2.80 bits per heavy atom.